The van der Waals surface area contributed by atoms with Crippen molar-refractivity contribution < 1.29 is 4.74 Å². The van der Waals surface area contributed by atoms with Gasteiger partial charge in [-0.3, -0.25) is 4.98 Å². The maximum Gasteiger partial charge on any atom is 0.0891 e. The largest absolute Gasteiger partial charge is 0.374 e. The highest BCUT2D eigenvalue weighted by Crippen LogP contribution is 2.03. The quantitative estimate of drug-likeness (QED) is 0.725. The molecule has 1 aromatic rings. The lowest BCUT2D eigenvalue weighted by Gasteiger charge is -2.09. The molecule has 0 atom stereocenters. The summed E-state index contributed by atoms with van der Waals surface area (Å²) in [5, 5.41) is 3.30. The summed E-state index contributed by atoms with van der Waals surface area (Å²) in [6, 6.07) is 4.52. The van der Waals surface area contributed by atoms with E-state index in [1.165, 1.54) is 5.56 Å². The Hall–Kier alpha value is -0.930. The van der Waals surface area contributed by atoms with Gasteiger partial charge in [0, 0.05) is 18.8 Å². The first-order valence-corrected chi connectivity index (χ1v) is 5.41. The molecule has 0 unspecified atom stereocenters. The van der Waals surface area contributed by atoms with E-state index < -0.39 is 0 Å². The zero-order chi connectivity index (χ0) is 11.1. The van der Waals surface area contributed by atoms with Gasteiger partial charge in [-0.1, -0.05) is 19.9 Å². The van der Waals surface area contributed by atoms with Gasteiger partial charge in [0.2, 0.25) is 0 Å². The summed E-state index contributed by atoms with van der Waals surface area (Å²) in [7, 11) is 0. The van der Waals surface area contributed by atoms with Gasteiger partial charge in [0.25, 0.3) is 0 Å². The molecule has 0 radical (unpaired) electrons. The van der Waals surface area contributed by atoms with Crippen LogP contribution in [-0.2, 0) is 11.3 Å². The van der Waals surface area contributed by atoms with Crippen LogP contribution in [0.2, 0.25) is 0 Å². The van der Waals surface area contributed by atoms with Crippen LogP contribution in [-0.4, -0.2) is 24.2 Å². The molecule has 0 saturated heterocycles. The Labute approximate surface area is 91.9 Å². The van der Waals surface area contributed by atoms with Gasteiger partial charge >= 0.3 is 0 Å². The second-order valence-electron chi connectivity index (χ2n) is 3.93. The molecule has 0 aromatic carbocycles. The summed E-state index contributed by atoms with van der Waals surface area (Å²) in [5.74, 6) is 0. The van der Waals surface area contributed by atoms with Gasteiger partial charge < -0.3 is 10.1 Å². The Morgan fingerprint density at radius 3 is 2.93 bits per heavy atom. The van der Waals surface area contributed by atoms with Crippen LogP contribution in [0.25, 0.3) is 0 Å². The first kappa shape index (κ1) is 12.1. The van der Waals surface area contributed by atoms with E-state index >= 15 is 0 Å². The number of ether oxygens (including phenoxy) is 1. The topological polar surface area (TPSA) is 34.1 Å². The summed E-state index contributed by atoms with van der Waals surface area (Å²) in [6.07, 6.45) is 1.80. The minimum Gasteiger partial charge on any atom is -0.374 e. The predicted octanol–water partition coefficient (Wildman–Crippen LogP) is 1.90. The number of hydrogen-bond acceptors (Lipinski definition) is 3. The molecule has 3 nitrogen and oxygen atoms in total. The molecule has 15 heavy (non-hydrogen) atoms. The lowest BCUT2D eigenvalue weighted by atomic mass is 10.2. The standard InChI is InChI=1S/C12H20N2O/c1-10(2)13-7-8-15-9-12-11(3)5-4-6-14-12/h4-6,10,13H,7-9H2,1-3H3. The van der Waals surface area contributed by atoms with Gasteiger partial charge in [-0.2, -0.15) is 0 Å². The fraction of sp³-hybridized carbons (Fsp3) is 0.583. The summed E-state index contributed by atoms with van der Waals surface area (Å²) in [4.78, 5) is 4.27. The van der Waals surface area contributed by atoms with Gasteiger partial charge in [-0.15, -0.1) is 0 Å². The smallest absolute Gasteiger partial charge is 0.0891 e. The van der Waals surface area contributed by atoms with Gasteiger partial charge in [0.15, 0.2) is 0 Å². The fourth-order valence-electron chi connectivity index (χ4n) is 1.26. The second kappa shape index (κ2) is 6.53. The normalized spacial score (nSPS) is 10.9. The average Bonchev–Trinajstić information content (AvgIpc) is 2.20. The van der Waals surface area contributed by atoms with Crippen LogP contribution in [0.15, 0.2) is 18.3 Å². The third-order valence-electron chi connectivity index (χ3n) is 2.16. The Kier molecular flexibility index (Phi) is 5.29. The number of rotatable bonds is 6. The molecule has 0 amide bonds. The molecule has 0 aliphatic heterocycles. The monoisotopic (exact) mass is 208 g/mol. The molecule has 1 heterocycles. The molecule has 0 bridgehead atoms. The summed E-state index contributed by atoms with van der Waals surface area (Å²) in [6.45, 7) is 8.54. The van der Waals surface area contributed by atoms with Crippen molar-refractivity contribution in [1.82, 2.24) is 10.3 Å². The number of aryl methyl sites for hydroxylation is 1. The highest BCUT2D eigenvalue weighted by Gasteiger charge is 1.98. The van der Waals surface area contributed by atoms with E-state index in [2.05, 4.69) is 37.1 Å². The molecule has 0 fully saturated rings. The van der Waals surface area contributed by atoms with Crippen molar-refractivity contribution in [3.63, 3.8) is 0 Å². The third-order valence-corrected chi connectivity index (χ3v) is 2.16. The van der Waals surface area contributed by atoms with Crippen LogP contribution in [0.5, 0.6) is 0 Å². The third kappa shape index (κ3) is 4.91. The van der Waals surface area contributed by atoms with Crippen molar-refractivity contribution in [1.29, 1.82) is 0 Å². The molecule has 3 heteroatoms. The fourth-order valence-corrected chi connectivity index (χ4v) is 1.26. The first-order valence-electron chi connectivity index (χ1n) is 5.41. The second-order valence-corrected chi connectivity index (χ2v) is 3.93. The van der Waals surface area contributed by atoms with E-state index in [9.17, 15) is 0 Å². The SMILES string of the molecule is Cc1cccnc1COCCNC(C)C. The number of aromatic nitrogens is 1. The minimum atomic E-state index is 0.519. The first-order chi connectivity index (χ1) is 7.20. The predicted molar refractivity (Wildman–Crippen MR) is 61.8 cm³/mol. The van der Waals surface area contributed by atoms with Crippen molar-refractivity contribution in [2.75, 3.05) is 13.2 Å². The number of pyridine rings is 1. The molecule has 0 spiro atoms. The molecule has 0 aliphatic rings. The molecular formula is C12H20N2O. The van der Waals surface area contributed by atoms with Crippen LogP contribution in [0.1, 0.15) is 25.1 Å². The van der Waals surface area contributed by atoms with Crippen molar-refractivity contribution in [2.45, 2.75) is 33.4 Å². The molecule has 0 saturated carbocycles. The van der Waals surface area contributed by atoms with Crippen molar-refractivity contribution in [3.05, 3.63) is 29.6 Å². The van der Waals surface area contributed by atoms with E-state index in [1.807, 2.05) is 6.07 Å². The van der Waals surface area contributed by atoms with Crippen LogP contribution >= 0.6 is 0 Å². The highest BCUT2D eigenvalue weighted by molar-refractivity contribution is 5.16. The van der Waals surface area contributed by atoms with E-state index in [-0.39, 0.29) is 0 Å². The zero-order valence-corrected chi connectivity index (χ0v) is 9.79. The van der Waals surface area contributed by atoms with Gasteiger partial charge in [0.1, 0.15) is 0 Å². The molecule has 84 valence electrons. The summed E-state index contributed by atoms with van der Waals surface area (Å²) < 4.78 is 5.53. The molecule has 1 N–H and O–H groups in total. The summed E-state index contributed by atoms with van der Waals surface area (Å²) >= 11 is 0. The molecule has 1 aromatic heterocycles. The van der Waals surface area contributed by atoms with Crippen LogP contribution < -0.4 is 5.32 Å². The Morgan fingerprint density at radius 1 is 1.47 bits per heavy atom. The van der Waals surface area contributed by atoms with E-state index in [0.717, 1.165) is 18.8 Å². The van der Waals surface area contributed by atoms with E-state index in [0.29, 0.717) is 12.6 Å². The van der Waals surface area contributed by atoms with E-state index in [4.69, 9.17) is 4.74 Å². The highest BCUT2D eigenvalue weighted by atomic mass is 16.5. The van der Waals surface area contributed by atoms with Crippen LogP contribution in [0.4, 0.5) is 0 Å². The average molecular weight is 208 g/mol. The van der Waals surface area contributed by atoms with Crippen molar-refractivity contribution in [2.24, 2.45) is 0 Å². The van der Waals surface area contributed by atoms with Crippen molar-refractivity contribution in [3.8, 4) is 0 Å². The maximum atomic E-state index is 5.53. The Morgan fingerprint density at radius 2 is 2.27 bits per heavy atom. The number of hydrogen-bond donors (Lipinski definition) is 1. The van der Waals surface area contributed by atoms with Gasteiger partial charge in [-0.25, -0.2) is 0 Å². The lowest BCUT2D eigenvalue weighted by Crippen LogP contribution is -2.26. The molecule has 1 rings (SSSR count). The molecular weight excluding hydrogens is 188 g/mol. The lowest BCUT2D eigenvalue weighted by molar-refractivity contribution is 0.118. The maximum absolute atomic E-state index is 5.53. The number of nitrogens with one attached hydrogen (secondary N) is 1. The van der Waals surface area contributed by atoms with E-state index in [1.54, 1.807) is 6.20 Å². The zero-order valence-electron chi connectivity index (χ0n) is 9.79. The van der Waals surface area contributed by atoms with Crippen LogP contribution in [0.3, 0.4) is 0 Å². The van der Waals surface area contributed by atoms with Crippen LogP contribution in [0, 0.1) is 6.92 Å². The number of nitrogens with zero attached hydrogens (tertiary/aromatic N) is 1. The molecule has 0 aliphatic carbocycles. The summed E-state index contributed by atoms with van der Waals surface area (Å²) in [5.41, 5.74) is 2.22. The minimum absolute atomic E-state index is 0.519. The van der Waals surface area contributed by atoms with Crippen molar-refractivity contribution >= 4 is 0 Å². The Balaban J connectivity index is 2.18. The van der Waals surface area contributed by atoms with Gasteiger partial charge in [0.05, 0.1) is 18.9 Å². The Bertz CT molecular complexity index is 287. The van der Waals surface area contributed by atoms with Gasteiger partial charge in [-0.05, 0) is 18.6 Å².